The molecule has 0 bridgehead atoms. The van der Waals surface area contributed by atoms with Crippen LogP contribution < -0.4 is 16.0 Å². The van der Waals surface area contributed by atoms with Crippen molar-refractivity contribution < 1.29 is 9.66 Å². The highest BCUT2D eigenvalue weighted by Gasteiger charge is 2.18. The standard InChI is InChI=1S/C15H15N3O5/c1-9(2)23-12-6-4-3-5-10(12)7-8-11-13(18(21)22)14(19)17-15(20)16-11/h3-9H,1-2H3,(H2,16,17,19,20). The van der Waals surface area contributed by atoms with Crippen molar-refractivity contribution in [1.82, 2.24) is 9.97 Å². The zero-order valence-corrected chi connectivity index (χ0v) is 12.5. The van der Waals surface area contributed by atoms with Crippen LogP contribution in [0.3, 0.4) is 0 Å². The van der Waals surface area contributed by atoms with Crippen LogP contribution in [0.2, 0.25) is 0 Å². The van der Waals surface area contributed by atoms with Crippen LogP contribution in [0.15, 0.2) is 33.9 Å². The minimum Gasteiger partial charge on any atom is -0.490 e. The molecule has 0 aliphatic carbocycles. The number of aromatic nitrogens is 2. The summed E-state index contributed by atoms with van der Waals surface area (Å²) >= 11 is 0. The average Bonchev–Trinajstić information content (AvgIpc) is 2.44. The molecule has 1 aromatic carbocycles. The summed E-state index contributed by atoms with van der Waals surface area (Å²) in [5.74, 6) is 0.591. The maximum atomic E-state index is 11.6. The molecule has 8 heteroatoms. The van der Waals surface area contributed by atoms with Crippen molar-refractivity contribution in [2.24, 2.45) is 0 Å². The van der Waals surface area contributed by atoms with Gasteiger partial charge < -0.3 is 9.72 Å². The first-order valence-corrected chi connectivity index (χ1v) is 6.83. The summed E-state index contributed by atoms with van der Waals surface area (Å²) in [5, 5.41) is 11.0. The van der Waals surface area contributed by atoms with E-state index in [4.69, 9.17) is 4.74 Å². The predicted molar refractivity (Wildman–Crippen MR) is 85.5 cm³/mol. The molecule has 0 saturated heterocycles. The number of nitrogens with zero attached hydrogens (tertiary/aromatic N) is 1. The molecule has 0 fully saturated rings. The van der Waals surface area contributed by atoms with Gasteiger partial charge in [0.15, 0.2) is 0 Å². The maximum Gasteiger partial charge on any atom is 0.357 e. The Kier molecular flexibility index (Phi) is 4.75. The normalized spacial score (nSPS) is 11.1. The Morgan fingerprint density at radius 2 is 1.87 bits per heavy atom. The molecular weight excluding hydrogens is 302 g/mol. The third kappa shape index (κ3) is 3.94. The van der Waals surface area contributed by atoms with Gasteiger partial charge in [0.1, 0.15) is 11.4 Å². The Balaban J connectivity index is 2.48. The molecule has 0 radical (unpaired) electrons. The minimum atomic E-state index is -1.05. The molecule has 1 aromatic heterocycles. The van der Waals surface area contributed by atoms with Gasteiger partial charge in [-0.2, -0.15) is 0 Å². The fourth-order valence-corrected chi connectivity index (χ4v) is 1.95. The SMILES string of the molecule is CC(C)Oc1ccccc1C=Cc1[nH]c(=O)[nH]c(=O)c1[N+](=O)[O-]. The Bertz CT molecular complexity index is 864. The number of nitro groups is 1. The Labute approximate surface area is 130 Å². The van der Waals surface area contributed by atoms with E-state index in [1.54, 1.807) is 24.3 Å². The lowest BCUT2D eigenvalue weighted by Crippen LogP contribution is -2.25. The molecule has 0 unspecified atom stereocenters. The molecule has 0 spiro atoms. The summed E-state index contributed by atoms with van der Waals surface area (Å²) in [5.41, 5.74) is -2.10. The fourth-order valence-electron chi connectivity index (χ4n) is 1.95. The maximum absolute atomic E-state index is 11.6. The van der Waals surface area contributed by atoms with E-state index in [0.29, 0.717) is 11.3 Å². The third-order valence-corrected chi connectivity index (χ3v) is 2.84. The highest BCUT2D eigenvalue weighted by molar-refractivity contribution is 5.74. The molecule has 2 N–H and O–H groups in total. The van der Waals surface area contributed by atoms with Crippen LogP contribution in [-0.4, -0.2) is 21.0 Å². The van der Waals surface area contributed by atoms with Crippen molar-refractivity contribution in [3.8, 4) is 5.75 Å². The van der Waals surface area contributed by atoms with Gasteiger partial charge in [0, 0.05) is 5.56 Å². The van der Waals surface area contributed by atoms with Crippen molar-refractivity contribution in [2.75, 3.05) is 0 Å². The van der Waals surface area contributed by atoms with E-state index < -0.39 is 21.9 Å². The van der Waals surface area contributed by atoms with Gasteiger partial charge in [0.05, 0.1) is 11.0 Å². The lowest BCUT2D eigenvalue weighted by molar-refractivity contribution is -0.386. The predicted octanol–water partition coefficient (Wildman–Crippen LogP) is 1.93. The van der Waals surface area contributed by atoms with Gasteiger partial charge in [-0.05, 0) is 32.1 Å². The summed E-state index contributed by atoms with van der Waals surface area (Å²) in [6.45, 7) is 3.75. The molecule has 0 amide bonds. The number of nitrogens with one attached hydrogen (secondary N) is 2. The zero-order valence-electron chi connectivity index (χ0n) is 12.5. The van der Waals surface area contributed by atoms with Crippen molar-refractivity contribution in [1.29, 1.82) is 0 Å². The van der Waals surface area contributed by atoms with E-state index in [-0.39, 0.29) is 11.8 Å². The minimum absolute atomic E-state index is 0.0433. The van der Waals surface area contributed by atoms with Crippen LogP contribution in [0.4, 0.5) is 5.69 Å². The number of ether oxygens (including phenoxy) is 1. The second-order valence-electron chi connectivity index (χ2n) is 4.97. The van der Waals surface area contributed by atoms with E-state index in [1.807, 2.05) is 18.8 Å². The van der Waals surface area contributed by atoms with Gasteiger partial charge in [-0.15, -0.1) is 0 Å². The van der Waals surface area contributed by atoms with E-state index in [0.717, 1.165) is 0 Å². The van der Waals surface area contributed by atoms with Crippen LogP contribution in [0, 0.1) is 10.1 Å². The number of hydrogen-bond donors (Lipinski definition) is 2. The fraction of sp³-hybridized carbons (Fsp3) is 0.200. The highest BCUT2D eigenvalue weighted by atomic mass is 16.6. The number of para-hydroxylation sites is 1. The Morgan fingerprint density at radius 1 is 1.17 bits per heavy atom. The smallest absolute Gasteiger partial charge is 0.357 e. The number of benzene rings is 1. The van der Waals surface area contributed by atoms with Gasteiger partial charge in [-0.3, -0.25) is 19.9 Å². The molecule has 0 atom stereocenters. The molecule has 0 aliphatic heterocycles. The second-order valence-corrected chi connectivity index (χ2v) is 4.97. The molecule has 8 nitrogen and oxygen atoms in total. The summed E-state index contributed by atoms with van der Waals surface area (Å²) in [6, 6.07) is 7.09. The molecule has 0 aliphatic rings. The summed E-state index contributed by atoms with van der Waals surface area (Å²) in [7, 11) is 0. The van der Waals surface area contributed by atoms with Crippen molar-refractivity contribution in [3.05, 3.63) is 66.5 Å². The molecule has 2 aromatic rings. The first-order valence-electron chi connectivity index (χ1n) is 6.83. The van der Waals surface area contributed by atoms with E-state index in [9.17, 15) is 19.7 Å². The largest absolute Gasteiger partial charge is 0.490 e. The van der Waals surface area contributed by atoms with Gasteiger partial charge in [-0.25, -0.2) is 4.79 Å². The molecule has 1 heterocycles. The molecular formula is C15H15N3O5. The van der Waals surface area contributed by atoms with Gasteiger partial charge in [0.25, 0.3) is 0 Å². The van der Waals surface area contributed by atoms with Crippen molar-refractivity contribution in [3.63, 3.8) is 0 Å². The zero-order chi connectivity index (χ0) is 17.0. The monoisotopic (exact) mass is 317 g/mol. The second kappa shape index (κ2) is 6.73. The molecule has 2 rings (SSSR count). The van der Waals surface area contributed by atoms with Gasteiger partial charge in [-0.1, -0.05) is 18.2 Å². The van der Waals surface area contributed by atoms with Crippen LogP contribution in [0.25, 0.3) is 12.2 Å². The highest BCUT2D eigenvalue weighted by Crippen LogP contribution is 2.22. The molecule has 120 valence electrons. The van der Waals surface area contributed by atoms with Crippen molar-refractivity contribution >= 4 is 17.8 Å². The first kappa shape index (κ1) is 16.2. The lowest BCUT2D eigenvalue weighted by atomic mass is 10.1. The van der Waals surface area contributed by atoms with E-state index in [2.05, 4.69) is 4.98 Å². The van der Waals surface area contributed by atoms with Crippen LogP contribution in [0.1, 0.15) is 25.1 Å². The number of hydrogen-bond acceptors (Lipinski definition) is 5. The van der Waals surface area contributed by atoms with Crippen LogP contribution in [-0.2, 0) is 0 Å². The summed E-state index contributed by atoms with van der Waals surface area (Å²) in [4.78, 5) is 37.1. The quantitative estimate of drug-likeness (QED) is 0.645. The summed E-state index contributed by atoms with van der Waals surface area (Å²) in [6.07, 6.45) is 2.80. The lowest BCUT2D eigenvalue weighted by Gasteiger charge is -2.11. The van der Waals surface area contributed by atoms with Crippen LogP contribution >= 0.6 is 0 Å². The van der Waals surface area contributed by atoms with E-state index >= 15 is 0 Å². The van der Waals surface area contributed by atoms with Crippen molar-refractivity contribution in [2.45, 2.75) is 20.0 Å². The number of rotatable bonds is 5. The van der Waals surface area contributed by atoms with Gasteiger partial charge in [0.2, 0.25) is 0 Å². The third-order valence-electron chi connectivity index (χ3n) is 2.84. The Morgan fingerprint density at radius 3 is 2.52 bits per heavy atom. The van der Waals surface area contributed by atoms with E-state index in [1.165, 1.54) is 12.2 Å². The van der Waals surface area contributed by atoms with Crippen LogP contribution in [0.5, 0.6) is 5.75 Å². The average molecular weight is 317 g/mol. The summed E-state index contributed by atoms with van der Waals surface area (Å²) < 4.78 is 5.63. The topological polar surface area (TPSA) is 118 Å². The van der Waals surface area contributed by atoms with Gasteiger partial charge >= 0.3 is 16.9 Å². The first-order chi connectivity index (χ1) is 10.9. The molecule has 0 saturated carbocycles. The number of H-pyrrole nitrogens is 2. The molecule has 23 heavy (non-hydrogen) atoms. The number of aromatic amines is 2. The Hall–Kier alpha value is -3.16.